The number of carbonyl (C=O) groups excluding carboxylic acids is 2. The normalized spacial score (nSPS) is 14.6. The Bertz CT molecular complexity index is 1380. The molecule has 146 valence electrons. The van der Waals surface area contributed by atoms with Crippen LogP contribution in [0.5, 0.6) is 11.5 Å². The third-order valence-corrected chi connectivity index (χ3v) is 5.43. The van der Waals surface area contributed by atoms with Gasteiger partial charge in [0, 0.05) is 22.8 Å². The maximum atomic E-state index is 13.4. The predicted octanol–water partition coefficient (Wildman–Crippen LogP) is 3.81. The highest BCUT2D eigenvalue weighted by molar-refractivity contribution is 6.38. The largest absolute Gasteiger partial charge is 0.454 e. The molecule has 2 amide bonds. The first-order chi connectivity index (χ1) is 14.6. The molecule has 8 nitrogen and oxygen atoms in total. The van der Waals surface area contributed by atoms with E-state index in [0.29, 0.717) is 38.9 Å². The molecule has 2 aliphatic rings. The van der Waals surface area contributed by atoms with E-state index in [1.165, 1.54) is 6.20 Å². The number of nitrogens with zero attached hydrogens (tertiary/aromatic N) is 3. The Balaban J connectivity index is 1.53. The number of halogens is 1. The third-order valence-electron chi connectivity index (χ3n) is 5.18. The van der Waals surface area contributed by atoms with Gasteiger partial charge in [-0.05, 0) is 24.3 Å². The first kappa shape index (κ1) is 17.0. The molecule has 9 heteroatoms. The molecular formula is C21H11ClN4O4. The molecule has 0 saturated heterocycles. The highest BCUT2D eigenvalue weighted by Gasteiger charge is 2.40. The van der Waals surface area contributed by atoms with E-state index in [0.717, 1.165) is 10.5 Å². The monoisotopic (exact) mass is 418 g/mol. The number of ether oxygens (including phenoxy) is 2. The van der Waals surface area contributed by atoms with Crippen molar-refractivity contribution in [1.82, 2.24) is 15.2 Å². The Hall–Kier alpha value is -3.91. The number of hydrogen-bond donors (Lipinski definition) is 1. The van der Waals surface area contributed by atoms with E-state index in [-0.39, 0.29) is 17.9 Å². The number of benzene rings is 2. The molecule has 0 fully saturated rings. The van der Waals surface area contributed by atoms with Crippen molar-refractivity contribution in [2.24, 2.45) is 0 Å². The van der Waals surface area contributed by atoms with Crippen LogP contribution in [0, 0.1) is 0 Å². The molecule has 0 atom stereocenters. The summed E-state index contributed by atoms with van der Waals surface area (Å²) < 4.78 is 10.7. The average Bonchev–Trinajstić information content (AvgIpc) is 3.45. The van der Waals surface area contributed by atoms with Crippen LogP contribution in [-0.2, 0) is 0 Å². The fourth-order valence-electron chi connectivity index (χ4n) is 3.78. The van der Waals surface area contributed by atoms with Gasteiger partial charge in [0.25, 0.3) is 11.8 Å². The van der Waals surface area contributed by atoms with Crippen LogP contribution in [0.15, 0.2) is 48.7 Å². The highest BCUT2D eigenvalue weighted by atomic mass is 35.5. The van der Waals surface area contributed by atoms with Crippen LogP contribution < -0.4 is 14.4 Å². The van der Waals surface area contributed by atoms with Crippen molar-refractivity contribution in [3.63, 3.8) is 0 Å². The lowest BCUT2D eigenvalue weighted by Gasteiger charge is -2.14. The van der Waals surface area contributed by atoms with Gasteiger partial charge in [0.05, 0.1) is 27.9 Å². The summed E-state index contributed by atoms with van der Waals surface area (Å²) in [6.45, 7) is 0.102. The van der Waals surface area contributed by atoms with Crippen molar-refractivity contribution < 1.29 is 19.1 Å². The van der Waals surface area contributed by atoms with E-state index in [4.69, 9.17) is 21.1 Å². The molecule has 0 aliphatic carbocycles. The average molecular weight is 419 g/mol. The van der Waals surface area contributed by atoms with Gasteiger partial charge in [0.1, 0.15) is 0 Å². The van der Waals surface area contributed by atoms with E-state index in [2.05, 4.69) is 15.2 Å². The van der Waals surface area contributed by atoms with Crippen LogP contribution in [0.25, 0.3) is 22.3 Å². The van der Waals surface area contributed by atoms with Crippen molar-refractivity contribution in [2.75, 3.05) is 11.7 Å². The molecule has 6 rings (SSSR count). The number of fused-ring (bicyclic) bond motifs is 4. The van der Waals surface area contributed by atoms with Crippen LogP contribution >= 0.6 is 11.6 Å². The van der Waals surface area contributed by atoms with Gasteiger partial charge in [-0.15, -0.1) is 0 Å². The Morgan fingerprint density at radius 1 is 1.00 bits per heavy atom. The number of hydrogen-bond acceptors (Lipinski definition) is 6. The molecule has 1 N–H and O–H groups in total. The van der Waals surface area contributed by atoms with E-state index in [9.17, 15) is 9.59 Å². The minimum Gasteiger partial charge on any atom is -0.454 e. The van der Waals surface area contributed by atoms with Crippen LogP contribution in [0.2, 0.25) is 5.02 Å². The van der Waals surface area contributed by atoms with Crippen molar-refractivity contribution in [3.8, 4) is 22.8 Å². The summed E-state index contributed by atoms with van der Waals surface area (Å²) in [7, 11) is 0. The number of pyridine rings is 1. The van der Waals surface area contributed by atoms with E-state index >= 15 is 0 Å². The second-order valence-corrected chi connectivity index (χ2v) is 7.27. The molecule has 2 aliphatic heterocycles. The topological polar surface area (TPSA) is 97.4 Å². The Morgan fingerprint density at radius 2 is 1.80 bits per heavy atom. The zero-order chi connectivity index (χ0) is 20.4. The van der Waals surface area contributed by atoms with Gasteiger partial charge in [-0.1, -0.05) is 23.7 Å². The molecule has 0 unspecified atom stereocenters. The quantitative estimate of drug-likeness (QED) is 0.497. The first-order valence-corrected chi connectivity index (χ1v) is 9.41. The third kappa shape index (κ3) is 2.28. The molecule has 4 aromatic rings. The maximum absolute atomic E-state index is 13.4. The lowest BCUT2D eigenvalue weighted by Crippen LogP contribution is -2.29. The van der Waals surface area contributed by atoms with Gasteiger partial charge in [0.2, 0.25) is 6.79 Å². The molecule has 0 saturated carbocycles. The van der Waals surface area contributed by atoms with Crippen molar-refractivity contribution in [1.29, 1.82) is 0 Å². The fourth-order valence-corrected chi connectivity index (χ4v) is 3.91. The minimum absolute atomic E-state index is 0.102. The highest BCUT2D eigenvalue weighted by Crippen LogP contribution is 2.40. The number of rotatable bonds is 2. The molecule has 2 aromatic carbocycles. The van der Waals surface area contributed by atoms with Crippen molar-refractivity contribution in [2.45, 2.75) is 0 Å². The maximum Gasteiger partial charge on any atom is 0.267 e. The van der Waals surface area contributed by atoms with Gasteiger partial charge in [-0.25, -0.2) is 9.88 Å². The number of carbonyl (C=O) groups is 2. The summed E-state index contributed by atoms with van der Waals surface area (Å²) in [4.78, 5) is 31.9. The van der Waals surface area contributed by atoms with Crippen LogP contribution in [-0.4, -0.2) is 33.8 Å². The van der Waals surface area contributed by atoms with Crippen LogP contribution in [0.1, 0.15) is 20.7 Å². The number of imide groups is 1. The first-order valence-electron chi connectivity index (χ1n) is 9.03. The molecular weight excluding hydrogens is 408 g/mol. The molecule has 0 bridgehead atoms. The summed E-state index contributed by atoms with van der Waals surface area (Å²) in [6.07, 6.45) is 1.39. The van der Waals surface area contributed by atoms with Gasteiger partial charge in [0.15, 0.2) is 17.1 Å². The summed E-state index contributed by atoms with van der Waals surface area (Å²) in [6, 6.07) is 12.0. The SMILES string of the molecule is O=C1c2cnc3n[nH]c(-c4ccc(Cl)cc4)c3c2C(=O)N1c1ccc2c(c1)OCO2. The van der Waals surface area contributed by atoms with Crippen LogP contribution in [0.3, 0.4) is 0 Å². The minimum atomic E-state index is -0.452. The van der Waals surface area contributed by atoms with E-state index < -0.39 is 11.8 Å². The van der Waals surface area contributed by atoms with Gasteiger partial charge in [-0.3, -0.25) is 14.7 Å². The smallest absolute Gasteiger partial charge is 0.267 e. The molecule has 30 heavy (non-hydrogen) atoms. The molecule has 4 heterocycles. The number of anilines is 1. The van der Waals surface area contributed by atoms with Gasteiger partial charge in [-0.2, -0.15) is 5.10 Å². The summed E-state index contributed by atoms with van der Waals surface area (Å²) in [5, 5.41) is 8.23. The number of aromatic nitrogens is 3. The molecule has 2 aromatic heterocycles. The Labute approximate surface area is 174 Å². The zero-order valence-corrected chi connectivity index (χ0v) is 15.9. The lowest BCUT2D eigenvalue weighted by molar-refractivity contribution is 0.0926. The van der Waals surface area contributed by atoms with Gasteiger partial charge >= 0.3 is 0 Å². The van der Waals surface area contributed by atoms with E-state index in [1.807, 2.05) is 12.1 Å². The fraction of sp³-hybridized carbons (Fsp3) is 0.0476. The molecule has 0 radical (unpaired) electrons. The second kappa shape index (κ2) is 6.04. The predicted molar refractivity (Wildman–Crippen MR) is 108 cm³/mol. The Morgan fingerprint density at radius 3 is 2.63 bits per heavy atom. The lowest BCUT2D eigenvalue weighted by atomic mass is 10.0. The zero-order valence-electron chi connectivity index (χ0n) is 15.2. The summed E-state index contributed by atoms with van der Waals surface area (Å²) in [5.41, 5.74) is 2.62. The summed E-state index contributed by atoms with van der Waals surface area (Å²) in [5.74, 6) is 0.154. The number of H-pyrrole nitrogens is 1. The van der Waals surface area contributed by atoms with Gasteiger partial charge < -0.3 is 9.47 Å². The van der Waals surface area contributed by atoms with Crippen molar-refractivity contribution in [3.05, 3.63) is 64.8 Å². The standard InChI is InChI=1S/C21H11ClN4O4/c22-11-3-1-10(2-4-11)18-17-16-13(8-23-19(17)25-24-18)20(27)26(21(16)28)12-5-6-14-15(7-12)30-9-29-14/h1-8H,9H2,(H,23,24,25). The number of aromatic amines is 1. The summed E-state index contributed by atoms with van der Waals surface area (Å²) >= 11 is 5.99. The van der Waals surface area contributed by atoms with Crippen LogP contribution in [0.4, 0.5) is 5.69 Å². The second-order valence-electron chi connectivity index (χ2n) is 6.83. The van der Waals surface area contributed by atoms with Crippen molar-refractivity contribution >= 4 is 40.1 Å². The number of amides is 2. The van der Waals surface area contributed by atoms with E-state index in [1.54, 1.807) is 30.3 Å². The number of nitrogens with one attached hydrogen (secondary N) is 1. The Kier molecular flexibility index (Phi) is 3.42. The molecule has 0 spiro atoms.